The maximum atomic E-state index is 12.9. The zero-order valence-corrected chi connectivity index (χ0v) is 15.8. The Hall–Kier alpha value is -1.10. The van der Waals surface area contributed by atoms with Crippen LogP contribution in [-0.2, 0) is 9.59 Å². The SMILES string of the molecule is CC1(N)CCCCC1C(=O)N1CCN(C(=O)CCC2CCCC2)CC1. The van der Waals surface area contributed by atoms with Crippen molar-refractivity contribution in [2.45, 2.75) is 76.7 Å². The van der Waals surface area contributed by atoms with E-state index in [2.05, 4.69) is 0 Å². The first kappa shape index (κ1) is 18.7. The molecule has 142 valence electrons. The Labute approximate surface area is 152 Å². The Morgan fingerprint density at radius 3 is 2.20 bits per heavy atom. The lowest BCUT2D eigenvalue weighted by Gasteiger charge is -2.42. The molecule has 2 saturated carbocycles. The zero-order valence-electron chi connectivity index (χ0n) is 15.8. The lowest BCUT2D eigenvalue weighted by molar-refractivity contribution is -0.144. The van der Waals surface area contributed by atoms with E-state index in [0.717, 1.165) is 38.0 Å². The van der Waals surface area contributed by atoms with Crippen molar-refractivity contribution in [1.82, 2.24) is 9.80 Å². The standard InChI is InChI=1S/C20H35N3O2/c1-20(21)11-5-4-8-17(20)19(25)23-14-12-22(13-15-23)18(24)10-9-16-6-2-3-7-16/h16-17H,2-15,21H2,1H3. The summed E-state index contributed by atoms with van der Waals surface area (Å²) in [5, 5.41) is 0. The molecule has 5 nitrogen and oxygen atoms in total. The monoisotopic (exact) mass is 349 g/mol. The molecule has 0 aromatic carbocycles. The van der Waals surface area contributed by atoms with Crippen LogP contribution in [0.15, 0.2) is 0 Å². The highest BCUT2D eigenvalue weighted by Crippen LogP contribution is 2.33. The van der Waals surface area contributed by atoms with Crippen molar-refractivity contribution in [1.29, 1.82) is 0 Å². The summed E-state index contributed by atoms with van der Waals surface area (Å²) >= 11 is 0. The van der Waals surface area contributed by atoms with Gasteiger partial charge in [0.05, 0.1) is 5.92 Å². The van der Waals surface area contributed by atoms with E-state index in [-0.39, 0.29) is 23.3 Å². The lowest BCUT2D eigenvalue weighted by atomic mass is 9.74. The van der Waals surface area contributed by atoms with Crippen molar-refractivity contribution in [3.8, 4) is 0 Å². The average Bonchev–Trinajstić information content (AvgIpc) is 3.12. The van der Waals surface area contributed by atoms with Crippen LogP contribution in [0.1, 0.15) is 71.1 Å². The molecule has 3 rings (SSSR count). The first-order valence-electron chi connectivity index (χ1n) is 10.3. The Morgan fingerprint density at radius 1 is 0.960 bits per heavy atom. The summed E-state index contributed by atoms with van der Waals surface area (Å²) in [6.45, 7) is 4.73. The molecule has 1 saturated heterocycles. The predicted octanol–water partition coefficient (Wildman–Crippen LogP) is 2.54. The van der Waals surface area contributed by atoms with E-state index in [4.69, 9.17) is 5.73 Å². The van der Waals surface area contributed by atoms with Crippen LogP contribution in [-0.4, -0.2) is 53.3 Å². The molecule has 25 heavy (non-hydrogen) atoms. The van der Waals surface area contributed by atoms with Crippen molar-refractivity contribution >= 4 is 11.8 Å². The maximum Gasteiger partial charge on any atom is 0.227 e. The molecular weight excluding hydrogens is 314 g/mol. The van der Waals surface area contributed by atoms with Gasteiger partial charge in [-0.1, -0.05) is 38.5 Å². The van der Waals surface area contributed by atoms with E-state index in [9.17, 15) is 9.59 Å². The van der Waals surface area contributed by atoms with E-state index >= 15 is 0 Å². The molecule has 0 bridgehead atoms. The van der Waals surface area contributed by atoms with Crippen LogP contribution in [0.4, 0.5) is 0 Å². The van der Waals surface area contributed by atoms with E-state index < -0.39 is 0 Å². The molecule has 0 radical (unpaired) electrons. The first-order chi connectivity index (χ1) is 12.0. The zero-order chi connectivity index (χ0) is 17.9. The molecule has 0 aromatic rings. The van der Waals surface area contributed by atoms with Crippen LogP contribution in [0.5, 0.6) is 0 Å². The van der Waals surface area contributed by atoms with Gasteiger partial charge < -0.3 is 15.5 Å². The third kappa shape index (κ3) is 4.55. The minimum atomic E-state index is -0.371. The summed E-state index contributed by atoms with van der Waals surface area (Å²) in [4.78, 5) is 29.2. The van der Waals surface area contributed by atoms with E-state index in [0.29, 0.717) is 32.6 Å². The highest BCUT2D eigenvalue weighted by Gasteiger charge is 2.40. The molecule has 1 aliphatic heterocycles. The number of hydrogen-bond donors (Lipinski definition) is 1. The maximum absolute atomic E-state index is 12.9. The number of carbonyl (C=O) groups is 2. The fraction of sp³-hybridized carbons (Fsp3) is 0.900. The average molecular weight is 350 g/mol. The smallest absolute Gasteiger partial charge is 0.227 e. The highest BCUT2D eigenvalue weighted by molar-refractivity contribution is 5.81. The van der Waals surface area contributed by atoms with Gasteiger partial charge in [-0.3, -0.25) is 9.59 Å². The highest BCUT2D eigenvalue weighted by atomic mass is 16.2. The summed E-state index contributed by atoms with van der Waals surface area (Å²) in [7, 11) is 0. The van der Waals surface area contributed by atoms with Crippen LogP contribution in [0.2, 0.25) is 0 Å². The minimum Gasteiger partial charge on any atom is -0.339 e. The van der Waals surface area contributed by atoms with E-state index in [1.165, 1.54) is 25.7 Å². The number of hydrogen-bond acceptors (Lipinski definition) is 3. The predicted molar refractivity (Wildman–Crippen MR) is 98.9 cm³/mol. The van der Waals surface area contributed by atoms with Gasteiger partial charge in [0.1, 0.15) is 0 Å². The van der Waals surface area contributed by atoms with Gasteiger partial charge in [-0.05, 0) is 32.1 Å². The summed E-state index contributed by atoms with van der Waals surface area (Å²) in [6.07, 6.45) is 11.1. The van der Waals surface area contributed by atoms with Crippen LogP contribution in [0.3, 0.4) is 0 Å². The quantitative estimate of drug-likeness (QED) is 0.848. The van der Waals surface area contributed by atoms with Gasteiger partial charge in [-0.25, -0.2) is 0 Å². The third-order valence-electron chi connectivity index (χ3n) is 6.74. The van der Waals surface area contributed by atoms with Gasteiger partial charge in [0.15, 0.2) is 0 Å². The van der Waals surface area contributed by atoms with Crippen LogP contribution in [0, 0.1) is 11.8 Å². The number of piperazine rings is 1. The van der Waals surface area contributed by atoms with Gasteiger partial charge in [0, 0.05) is 38.1 Å². The number of nitrogens with two attached hydrogens (primary N) is 1. The minimum absolute atomic E-state index is 0.0501. The topological polar surface area (TPSA) is 66.6 Å². The molecule has 1 heterocycles. The third-order valence-corrected chi connectivity index (χ3v) is 6.74. The second-order valence-corrected chi connectivity index (χ2v) is 8.70. The molecule has 2 N–H and O–H groups in total. The molecule has 3 fully saturated rings. The molecule has 3 aliphatic rings. The number of nitrogens with zero attached hydrogens (tertiary/aromatic N) is 2. The molecule has 0 spiro atoms. The van der Waals surface area contributed by atoms with Crippen molar-refractivity contribution in [3.63, 3.8) is 0 Å². The van der Waals surface area contributed by atoms with Crippen LogP contribution >= 0.6 is 0 Å². The van der Waals surface area contributed by atoms with Crippen molar-refractivity contribution in [3.05, 3.63) is 0 Å². The molecule has 0 aromatic heterocycles. The molecule has 5 heteroatoms. The van der Waals surface area contributed by atoms with Gasteiger partial charge in [-0.2, -0.15) is 0 Å². The van der Waals surface area contributed by atoms with Gasteiger partial charge in [0.2, 0.25) is 11.8 Å². The van der Waals surface area contributed by atoms with Crippen molar-refractivity contribution in [2.24, 2.45) is 17.6 Å². The first-order valence-corrected chi connectivity index (χ1v) is 10.3. The summed E-state index contributed by atoms with van der Waals surface area (Å²) in [6, 6.07) is 0. The van der Waals surface area contributed by atoms with Crippen LogP contribution in [0.25, 0.3) is 0 Å². The summed E-state index contributed by atoms with van der Waals surface area (Å²) in [5.41, 5.74) is 6.02. The van der Waals surface area contributed by atoms with Gasteiger partial charge in [-0.15, -0.1) is 0 Å². The molecule has 2 amide bonds. The Balaban J connectivity index is 1.44. The van der Waals surface area contributed by atoms with Crippen LogP contribution < -0.4 is 5.73 Å². The molecule has 2 atom stereocenters. The second kappa shape index (κ2) is 8.07. The van der Waals surface area contributed by atoms with E-state index in [1.54, 1.807) is 0 Å². The fourth-order valence-electron chi connectivity index (χ4n) is 4.95. The Kier molecular flexibility index (Phi) is 6.03. The summed E-state index contributed by atoms with van der Waals surface area (Å²) < 4.78 is 0. The lowest BCUT2D eigenvalue weighted by Crippen LogP contribution is -2.57. The molecule has 2 aliphatic carbocycles. The number of amides is 2. The normalized spacial score (nSPS) is 31.4. The molecular formula is C20H35N3O2. The van der Waals surface area contributed by atoms with Crippen molar-refractivity contribution < 1.29 is 9.59 Å². The van der Waals surface area contributed by atoms with E-state index in [1.807, 2.05) is 16.7 Å². The Morgan fingerprint density at radius 2 is 1.56 bits per heavy atom. The number of carbonyl (C=O) groups excluding carboxylic acids is 2. The Bertz CT molecular complexity index is 477. The fourth-order valence-corrected chi connectivity index (χ4v) is 4.95. The summed E-state index contributed by atoms with van der Waals surface area (Å²) in [5.74, 6) is 1.20. The largest absolute Gasteiger partial charge is 0.339 e. The van der Waals surface area contributed by atoms with Gasteiger partial charge in [0.25, 0.3) is 0 Å². The number of rotatable bonds is 4. The second-order valence-electron chi connectivity index (χ2n) is 8.70. The van der Waals surface area contributed by atoms with Crippen molar-refractivity contribution in [2.75, 3.05) is 26.2 Å². The molecule has 2 unspecified atom stereocenters. The van der Waals surface area contributed by atoms with Gasteiger partial charge >= 0.3 is 0 Å².